The van der Waals surface area contributed by atoms with Gasteiger partial charge in [-0.05, 0) is 12.5 Å². The standard InChI is InChI=1S/C14H17F5N2.2ClH/c15-11-3-1-2-10(13(11)16)12(4-5-14(17,18)19)21-8-6-20-7-9-21;;/h1-3,12,20H,4-9H2;2*1H/t12-;;/m1../s1. The fraction of sp³-hybridized carbons (Fsp3) is 0.571. The highest BCUT2D eigenvalue weighted by Gasteiger charge is 2.32. The molecular formula is C14H19Cl2F5N2. The number of hydrogen-bond donors (Lipinski definition) is 1. The molecule has 1 N–H and O–H groups in total. The van der Waals surface area contributed by atoms with Crippen LogP contribution in [0.5, 0.6) is 0 Å². The summed E-state index contributed by atoms with van der Waals surface area (Å²) in [6.45, 7) is 2.27. The third-order valence-corrected chi connectivity index (χ3v) is 3.63. The normalized spacial score (nSPS) is 17.1. The highest BCUT2D eigenvalue weighted by Crippen LogP contribution is 2.33. The largest absolute Gasteiger partial charge is 0.389 e. The molecule has 2 nitrogen and oxygen atoms in total. The topological polar surface area (TPSA) is 15.3 Å². The van der Waals surface area contributed by atoms with Crippen LogP contribution in [0.1, 0.15) is 24.4 Å². The molecule has 2 rings (SSSR count). The average molecular weight is 381 g/mol. The zero-order valence-electron chi connectivity index (χ0n) is 12.2. The van der Waals surface area contributed by atoms with Crippen LogP contribution in [-0.4, -0.2) is 37.3 Å². The second-order valence-electron chi connectivity index (χ2n) is 5.10. The van der Waals surface area contributed by atoms with Gasteiger partial charge in [-0.2, -0.15) is 13.2 Å². The first-order valence-corrected chi connectivity index (χ1v) is 6.84. The van der Waals surface area contributed by atoms with Gasteiger partial charge in [-0.15, -0.1) is 24.8 Å². The smallest absolute Gasteiger partial charge is 0.314 e. The van der Waals surface area contributed by atoms with E-state index in [0.717, 1.165) is 6.07 Å². The number of rotatable bonds is 4. The number of nitrogens with one attached hydrogen (secondary N) is 1. The number of piperazine rings is 1. The van der Waals surface area contributed by atoms with E-state index in [1.165, 1.54) is 12.1 Å². The van der Waals surface area contributed by atoms with Crippen molar-refractivity contribution in [3.63, 3.8) is 0 Å². The monoisotopic (exact) mass is 380 g/mol. The van der Waals surface area contributed by atoms with Crippen LogP contribution in [0.4, 0.5) is 22.0 Å². The Morgan fingerprint density at radius 3 is 2.26 bits per heavy atom. The minimum Gasteiger partial charge on any atom is -0.314 e. The van der Waals surface area contributed by atoms with Gasteiger partial charge < -0.3 is 5.32 Å². The second kappa shape index (κ2) is 9.61. The van der Waals surface area contributed by atoms with Gasteiger partial charge in [0.05, 0.1) is 0 Å². The summed E-state index contributed by atoms with van der Waals surface area (Å²) in [6, 6.07) is 2.90. The van der Waals surface area contributed by atoms with E-state index in [1.807, 2.05) is 0 Å². The molecule has 9 heteroatoms. The molecule has 1 aliphatic heterocycles. The third-order valence-electron chi connectivity index (χ3n) is 3.63. The Morgan fingerprint density at radius 1 is 1.09 bits per heavy atom. The second-order valence-corrected chi connectivity index (χ2v) is 5.10. The van der Waals surface area contributed by atoms with Crippen LogP contribution in [0.15, 0.2) is 18.2 Å². The zero-order chi connectivity index (χ0) is 15.5. The van der Waals surface area contributed by atoms with Crippen molar-refractivity contribution >= 4 is 24.8 Å². The summed E-state index contributed by atoms with van der Waals surface area (Å²) in [6.07, 6.45) is -5.60. The lowest BCUT2D eigenvalue weighted by atomic mass is 9.98. The van der Waals surface area contributed by atoms with Gasteiger partial charge in [0, 0.05) is 44.2 Å². The first-order valence-electron chi connectivity index (χ1n) is 6.84. The van der Waals surface area contributed by atoms with Crippen molar-refractivity contribution < 1.29 is 22.0 Å². The number of alkyl halides is 3. The van der Waals surface area contributed by atoms with Crippen molar-refractivity contribution in [1.29, 1.82) is 0 Å². The van der Waals surface area contributed by atoms with E-state index in [4.69, 9.17) is 0 Å². The highest BCUT2D eigenvalue weighted by molar-refractivity contribution is 5.85. The highest BCUT2D eigenvalue weighted by atomic mass is 35.5. The van der Waals surface area contributed by atoms with E-state index in [0.29, 0.717) is 26.2 Å². The Morgan fingerprint density at radius 2 is 1.70 bits per heavy atom. The van der Waals surface area contributed by atoms with Crippen molar-refractivity contribution in [3.05, 3.63) is 35.4 Å². The molecule has 1 atom stereocenters. The maximum atomic E-state index is 13.9. The van der Waals surface area contributed by atoms with Crippen LogP contribution in [0, 0.1) is 11.6 Å². The molecule has 1 saturated heterocycles. The summed E-state index contributed by atoms with van der Waals surface area (Å²) in [5.41, 5.74) is 0.00106. The maximum Gasteiger partial charge on any atom is 0.389 e. The van der Waals surface area contributed by atoms with Crippen molar-refractivity contribution in [2.75, 3.05) is 26.2 Å². The summed E-state index contributed by atoms with van der Waals surface area (Å²) in [5.74, 6) is -2.08. The van der Waals surface area contributed by atoms with Gasteiger partial charge in [0.25, 0.3) is 0 Å². The van der Waals surface area contributed by atoms with Gasteiger partial charge in [0.1, 0.15) is 0 Å². The third kappa shape index (κ3) is 6.41. The van der Waals surface area contributed by atoms with Gasteiger partial charge in [0.2, 0.25) is 0 Å². The number of halogens is 7. The first-order chi connectivity index (χ1) is 9.88. The molecule has 23 heavy (non-hydrogen) atoms. The summed E-state index contributed by atoms with van der Waals surface area (Å²) in [5, 5.41) is 3.09. The molecular weight excluding hydrogens is 362 g/mol. The average Bonchev–Trinajstić information content (AvgIpc) is 2.43. The molecule has 0 unspecified atom stereocenters. The summed E-state index contributed by atoms with van der Waals surface area (Å²) in [4.78, 5) is 1.78. The molecule has 1 fully saturated rings. The fourth-order valence-corrected chi connectivity index (χ4v) is 2.61. The Bertz CT molecular complexity index is 479. The maximum absolute atomic E-state index is 13.9. The van der Waals surface area contributed by atoms with Gasteiger partial charge in [0.15, 0.2) is 11.6 Å². The van der Waals surface area contributed by atoms with Gasteiger partial charge in [-0.3, -0.25) is 4.90 Å². The van der Waals surface area contributed by atoms with E-state index in [9.17, 15) is 22.0 Å². The Kier molecular flexibility index (Phi) is 9.35. The van der Waals surface area contributed by atoms with Crippen molar-refractivity contribution in [2.24, 2.45) is 0 Å². The quantitative estimate of drug-likeness (QED) is 0.791. The fourth-order valence-electron chi connectivity index (χ4n) is 2.61. The van der Waals surface area contributed by atoms with E-state index in [-0.39, 0.29) is 36.8 Å². The van der Waals surface area contributed by atoms with Crippen LogP contribution >= 0.6 is 24.8 Å². The van der Waals surface area contributed by atoms with Crippen molar-refractivity contribution in [1.82, 2.24) is 10.2 Å². The van der Waals surface area contributed by atoms with Crippen LogP contribution < -0.4 is 5.32 Å². The van der Waals surface area contributed by atoms with Gasteiger partial charge in [-0.25, -0.2) is 8.78 Å². The van der Waals surface area contributed by atoms with E-state index in [1.54, 1.807) is 4.90 Å². The summed E-state index contributed by atoms with van der Waals surface area (Å²) >= 11 is 0. The predicted molar refractivity (Wildman–Crippen MR) is 83.3 cm³/mol. The van der Waals surface area contributed by atoms with Crippen LogP contribution in [-0.2, 0) is 0 Å². The number of benzene rings is 1. The van der Waals surface area contributed by atoms with E-state index >= 15 is 0 Å². The lowest BCUT2D eigenvalue weighted by Crippen LogP contribution is -2.45. The SMILES string of the molecule is Cl.Cl.Fc1cccc([C@@H](CCC(F)(F)F)N2CCNCC2)c1F. The molecule has 1 aromatic carbocycles. The molecule has 1 aliphatic rings. The molecule has 1 heterocycles. The van der Waals surface area contributed by atoms with Crippen LogP contribution in [0.25, 0.3) is 0 Å². The molecule has 0 aromatic heterocycles. The molecule has 0 saturated carbocycles. The van der Waals surface area contributed by atoms with Crippen molar-refractivity contribution in [3.8, 4) is 0 Å². The van der Waals surface area contributed by atoms with E-state index in [2.05, 4.69) is 5.32 Å². The summed E-state index contributed by atoms with van der Waals surface area (Å²) in [7, 11) is 0. The van der Waals surface area contributed by atoms with Crippen molar-refractivity contribution in [2.45, 2.75) is 25.1 Å². The lowest BCUT2D eigenvalue weighted by Gasteiger charge is -2.35. The molecule has 0 bridgehead atoms. The van der Waals surface area contributed by atoms with E-state index < -0.39 is 30.3 Å². The molecule has 134 valence electrons. The molecule has 0 radical (unpaired) electrons. The molecule has 1 aromatic rings. The minimum atomic E-state index is -4.31. The lowest BCUT2D eigenvalue weighted by molar-refractivity contribution is -0.138. The molecule has 0 spiro atoms. The van der Waals surface area contributed by atoms with Gasteiger partial charge >= 0.3 is 6.18 Å². The minimum absolute atomic E-state index is 0. The first kappa shape index (κ1) is 22.4. The molecule has 0 aliphatic carbocycles. The van der Waals surface area contributed by atoms with Gasteiger partial charge in [-0.1, -0.05) is 12.1 Å². The Labute approximate surface area is 144 Å². The number of nitrogens with zero attached hydrogens (tertiary/aromatic N) is 1. The molecule has 0 amide bonds. The number of hydrogen-bond acceptors (Lipinski definition) is 2. The van der Waals surface area contributed by atoms with Crippen LogP contribution in [0.2, 0.25) is 0 Å². The summed E-state index contributed by atoms with van der Waals surface area (Å²) < 4.78 is 64.7. The Balaban J connectivity index is 0.00000242. The van der Waals surface area contributed by atoms with Crippen LogP contribution in [0.3, 0.4) is 0 Å². The Hall–Kier alpha value is -0.630. The zero-order valence-corrected chi connectivity index (χ0v) is 13.8. The predicted octanol–water partition coefficient (Wildman–Crippen LogP) is 4.10.